The fourth-order valence-corrected chi connectivity index (χ4v) is 1.08. The van der Waals surface area contributed by atoms with Crippen molar-refractivity contribution < 1.29 is 14.0 Å². The Morgan fingerprint density at radius 3 is 2.86 bits per heavy atom. The van der Waals surface area contributed by atoms with Gasteiger partial charge >= 0.3 is 0 Å². The molecule has 72 valence electrons. The highest BCUT2D eigenvalue weighted by molar-refractivity contribution is 5.56. The lowest BCUT2D eigenvalue weighted by molar-refractivity contribution is 0.422. The Kier molecular flexibility index (Phi) is 1.92. The van der Waals surface area contributed by atoms with Crippen LogP contribution >= 0.6 is 0 Å². The molecule has 2 rings (SSSR count). The molecule has 0 aliphatic rings. The molecule has 0 fully saturated rings. The summed E-state index contributed by atoms with van der Waals surface area (Å²) in [6.45, 7) is 1.63. The molecule has 0 aliphatic heterocycles. The molecule has 1 N–H and O–H groups in total. The number of rotatable bonds is 1. The van der Waals surface area contributed by atoms with Gasteiger partial charge in [-0.3, -0.25) is 0 Å². The molecule has 0 radical (unpaired) electrons. The largest absolute Gasteiger partial charge is 0.508 e. The molecule has 1 heterocycles. The summed E-state index contributed by atoms with van der Waals surface area (Å²) >= 11 is 0. The Morgan fingerprint density at radius 1 is 1.43 bits per heavy atom. The van der Waals surface area contributed by atoms with Crippen molar-refractivity contribution in [1.82, 2.24) is 10.1 Å². The molecule has 5 heteroatoms. The van der Waals surface area contributed by atoms with E-state index in [0.717, 1.165) is 6.07 Å². The van der Waals surface area contributed by atoms with Crippen LogP contribution in [0.5, 0.6) is 5.75 Å². The van der Waals surface area contributed by atoms with Crippen LogP contribution in [0.1, 0.15) is 5.82 Å². The molecule has 0 amide bonds. The van der Waals surface area contributed by atoms with Crippen molar-refractivity contribution in [1.29, 1.82) is 0 Å². The number of nitrogens with zero attached hydrogens (tertiary/aromatic N) is 2. The third-order valence-electron chi connectivity index (χ3n) is 1.71. The molecule has 4 nitrogen and oxygen atoms in total. The van der Waals surface area contributed by atoms with Crippen molar-refractivity contribution in [3.63, 3.8) is 0 Å². The van der Waals surface area contributed by atoms with E-state index >= 15 is 0 Å². The number of aromatic hydroxyl groups is 1. The van der Waals surface area contributed by atoms with Crippen LogP contribution in [0, 0.1) is 12.7 Å². The van der Waals surface area contributed by atoms with E-state index in [4.69, 9.17) is 9.63 Å². The van der Waals surface area contributed by atoms with Crippen LogP contribution < -0.4 is 0 Å². The Morgan fingerprint density at radius 2 is 2.21 bits per heavy atom. The van der Waals surface area contributed by atoms with Crippen molar-refractivity contribution in [3.8, 4) is 17.2 Å². The fraction of sp³-hybridized carbons (Fsp3) is 0.111. The summed E-state index contributed by atoms with van der Waals surface area (Å²) in [6, 6.07) is 3.63. The predicted molar refractivity (Wildman–Crippen MR) is 46.1 cm³/mol. The number of hydrogen-bond acceptors (Lipinski definition) is 4. The number of aryl methyl sites for hydroxylation is 1. The SMILES string of the molecule is Cc1noc(-c2cc(O)ccc2F)n1. The highest BCUT2D eigenvalue weighted by atomic mass is 19.1. The second kappa shape index (κ2) is 3.10. The predicted octanol–water partition coefficient (Wildman–Crippen LogP) is 1.89. The molecule has 0 saturated carbocycles. The number of hydrogen-bond donors (Lipinski definition) is 1. The van der Waals surface area contributed by atoms with E-state index < -0.39 is 5.82 Å². The van der Waals surface area contributed by atoms with E-state index in [1.807, 2.05) is 0 Å². The van der Waals surface area contributed by atoms with Gasteiger partial charge in [0.05, 0.1) is 5.56 Å². The van der Waals surface area contributed by atoms with Crippen LogP contribution in [0.2, 0.25) is 0 Å². The first kappa shape index (κ1) is 8.68. The first-order chi connectivity index (χ1) is 6.66. The first-order valence-electron chi connectivity index (χ1n) is 3.96. The van der Waals surface area contributed by atoms with Crippen LogP contribution in [0.15, 0.2) is 22.7 Å². The number of aromatic nitrogens is 2. The van der Waals surface area contributed by atoms with Gasteiger partial charge in [-0.15, -0.1) is 0 Å². The third kappa shape index (κ3) is 1.44. The lowest BCUT2D eigenvalue weighted by Crippen LogP contribution is -1.84. The van der Waals surface area contributed by atoms with Gasteiger partial charge in [-0.1, -0.05) is 5.16 Å². The van der Waals surface area contributed by atoms with Crippen molar-refractivity contribution in [3.05, 3.63) is 29.8 Å². The molecule has 0 unspecified atom stereocenters. The molecule has 1 aromatic heterocycles. The highest BCUT2D eigenvalue weighted by Gasteiger charge is 2.12. The Labute approximate surface area is 79.0 Å². The number of benzene rings is 1. The van der Waals surface area contributed by atoms with Gasteiger partial charge in [0.25, 0.3) is 5.89 Å². The maximum Gasteiger partial charge on any atom is 0.261 e. The summed E-state index contributed by atoms with van der Waals surface area (Å²) in [5.74, 6) is -0.0673. The van der Waals surface area contributed by atoms with Gasteiger partial charge in [0.2, 0.25) is 0 Å². The van der Waals surface area contributed by atoms with E-state index in [1.54, 1.807) is 6.92 Å². The molecule has 0 aliphatic carbocycles. The topological polar surface area (TPSA) is 59.2 Å². The third-order valence-corrected chi connectivity index (χ3v) is 1.71. The Hall–Kier alpha value is -1.91. The smallest absolute Gasteiger partial charge is 0.261 e. The van der Waals surface area contributed by atoms with Crippen LogP contribution in [0.4, 0.5) is 4.39 Å². The van der Waals surface area contributed by atoms with Gasteiger partial charge in [0.15, 0.2) is 5.82 Å². The summed E-state index contributed by atoms with van der Waals surface area (Å²) in [7, 11) is 0. The first-order valence-corrected chi connectivity index (χ1v) is 3.96. The van der Waals surface area contributed by atoms with Crippen molar-refractivity contribution in [2.45, 2.75) is 6.92 Å². The standard InChI is InChI=1S/C9H7FN2O2/c1-5-11-9(14-12-5)7-4-6(13)2-3-8(7)10/h2-4,13H,1H3. The number of phenolic OH excluding ortho intramolecular Hbond substituents is 1. The van der Waals surface area contributed by atoms with Gasteiger partial charge in [0.1, 0.15) is 11.6 Å². The molecule has 14 heavy (non-hydrogen) atoms. The zero-order valence-electron chi connectivity index (χ0n) is 7.36. The zero-order valence-corrected chi connectivity index (χ0v) is 7.36. The maximum atomic E-state index is 13.2. The van der Waals surface area contributed by atoms with E-state index in [2.05, 4.69) is 10.1 Å². The van der Waals surface area contributed by atoms with Gasteiger partial charge in [0, 0.05) is 0 Å². The van der Waals surface area contributed by atoms with Crippen molar-refractivity contribution in [2.75, 3.05) is 0 Å². The van der Waals surface area contributed by atoms with Crippen LogP contribution in [-0.4, -0.2) is 15.2 Å². The molecule has 0 bridgehead atoms. The van der Waals surface area contributed by atoms with Gasteiger partial charge in [-0.05, 0) is 25.1 Å². The van der Waals surface area contributed by atoms with Gasteiger partial charge in [-0.2, -0.15) is 4.98 Å². The minimum atomic E-state index is -0.508. The van der Waals surface area contributed by atoms with Crippen LogP contribution in [0.3, 0.4) is 0 Å². The average Bonchev–Trinajstić information content (AvgIpc) is 2.56. The summed E-state index contributed by atoms with van der Waals surface area (Å²) in [5, 5.41) is 12.7. The Balaban J connectivity index is 2.55. The number of phenols is 1. The maximum absolute atomic E-state index is 13.2. The minimum Gasteiger partial charge on any atom is -0.508 e. The van der Waals surface area contributed by atoms with Crippen molar-refractivity contribution in [2.24, 2.45) is 0 Å². The summed E-state index contributed by atoms with van der Waals surface area (Å²) in [5.41, 5.74) is 0.102. The quantitative estimate of drug-likeness (QED) is 0.753. The molecule has 0 saturated heterocycles. The van der Waals surface area contributed by atoms with Gasteiger partial charge in [-0.25, -0.2) is 4.39 Å². The highest BCUT2D eigenvalue weighted by Crippen LogP contribution is 2.24. The summed E-state index contributed by atoms with van der Waals surface area (Å²) in [6.07, 6.45) is 0. The Bertz CT molecular complexity index is 468. The van der Waals surface area contributed by atoms with E-state index in [0.29, 0.717) is 5.82 Å². The second-order valence-corrected chi connectivity index (χ2v) is 2.81. The molecular formula is C9H7FN2O2. The van der Waals surface area contributed by atoms with E-state index in [1.165, 1.54) is 12.1 Å². The number of halogens is 1. The zero-order chi connectivity index (χ0) is 10.1. The minimum absolute atomic E-state index is 0.0442. The lowest BCUT2D eigenvalue weighted by Gasteiger charge is -1.97. The summed E-state index contributed by atoms with van der Waals surface area (Å²) in [4.78, 5) is 3.85. The van der Waals surface area contributed by atoms with Gasteiger partial charge < -0.3 is 9.63 Å². The molecule has 1 aromatic carbocycles. The van der Waals surface area contributed by atoms with Crippen molar-refractivity contribution >= 4 is 0 Å². The fourth-order valence-electron chi connectivity index (χ4n) is 1.08. The monoisotopic (exact) mass is 194 g/mol. The van der Waals surface area contributed by atoms with E-state index in [-0.39, 0.29) is 17.2 Å². The van der Waals surface area contributed by atoms with Crippen LogP contribution in [0.25, 0.3) is 11.5 Å². The van der Waals surface area contributed by atoms with Crippen LogP contribution in [-0.2, 0) is 0 Å². The average molecular weight is 194 g/mol. The molecule has 0 atom stereocenters. The lowest BCUT2D eigenvalue weighted by atomic mass is 10.2. The molecular weight excluding hydrogens is 187 g/mol. The second-order valence-electron chi connectivity index (χ2n) is 2.81. The normalized spacial score (nSPS) is 10.4. The molecule has 0 spiro atoms. The summed E-state index contributed by atoms with van der Waals surface area (Å²) < 4.78 is 18.0. The molecule has 2 aromatic rings. The van der Waals surface area contributed by atoms with E-state index in [9.17, 15) is 4.39 Å².